The Balaban J connectivity index is 1.11. The Labute approximate surface area is 249 Å². The molecule has 0 spiro atoms. The summed E-state index contributed by atoms with van der Waals surface area (Å²) in [5.74, 6) is -0.771. The first-order chi connectivity index (χ1) is 20.7. The van der Waals surface area contributed by atoms with Crippen molar-refractivity contribution in [1.29, 1.82) is 0 Å². The van der Waals surface area contributed by atoms with Gasteiger partial charge < -0.3 is 19.1 Å². The molecule has 0 radical (unpaired) electrons. The van der Waals surface area contributed by atoms with Gasteiger partial charge in [-0.15, -0.1) is 0 Å². The van der Waals surface area contributed by atoms with Crippen molar-refractivity contribution in [1.82, 2.24) is 0 Å². The van der Waals surface area contributed by atoms with E-state index in [0.717, 1.165) is 16.9 Å². The molecule has 1 fully saturated rings. The van der Waals surface area contributed by atoms with Crippen LogP contribution in [0.5, 0.6) is 17.2 Å². The second kappa shape index (κ2) is 12.7. The Kier molecular flexibility index (Phi) is 8.66. The average molecular weight is 578 g/mol. The summed E-state index contributed by atoms with van der Waals surface area (Å²) in [7, 11) is 0. The summed E-state index contributed by atoms with van der Waals surface area (Å²) in [5, 5.41) is 0. The molecular weight excluding hydrogens is 546 g/mol. The number of aryl methyl sites for hydroxylation is 3. The number of nitrogens with zero attached hydrogens (tertiary/aromatic N) is 1. The number of amides is 1. The minimum atomic E-state index is -0.685. The van der Waals surface area contributed by atoms with Crippen molar-refractivity contribution < 1.29 is 33.4 Å². The van der Waals surface area contributed by atoms with Gasteiger partial charge in [-0.3, -0.25) is 14.4 Å². The van der Waals surface area contributed by atoms with Gasteiger partial charge in [0.05, 0.1) is 11.5 Å². The first-order valence-electron chi connectivity index (χ1n) is 13.9. The molecule has 0 unspecified atom stereocenters. The summed E-state index contributed by atoms with van der Waals surface area (Å²) in [6.45, 7) is 5.68. The lowest BCUT2D eigenvalue weighted by Gasteiger charge is -2.17. The van der Waals surface area contributed by atoms with Crippen LogP contribution in [-0.4, -0.2) is 36.8 Å². The smallest absolute Gasteiger partial charge is 0.343 e. The van der Waals surface area contributed by atoms with E-state index in [1.165, 1.54) is 34.7 Å². The number of hydrogen-bond donors (Lipinski definition) is 0. The number of ketones is 1. The maximum absolute atomic E-state index is 12.7. The topological polar surface area (TPSA) is 99.2 Å². The fourth-order valence-corrected chi connectivity index (χ4v) is 4.62. The van der Waals surface area contributed by atoms with Crippen LogP contribution < -0.4 is 14.4 Å². The molecule has 0 N–H and O–H groups in total. The van der Waals surface area contributed by atoms with Gasteiger partial charge >= 0.3 is 11.9 Å². The second-order valence-corrected chi connectivity index (χ2v) is 10.6. The molecule has 218 valence electrons. The fraction of sp³-hybridized carbons (Fsp3) is 0.200. The summed E-state index contributed by atoms with van der Waals surface area (Å²) in [5.41, 5.74) is 4.71. The average Bonchev–Trinajstić information content (AvgIpc) is 3.40. The highest BCUT2D eigenvalue weighted by Crippen LogP contribution is 2.30. The highest BCUT2D eigenvalue weighted by molar-refractivity contribution is 6.01. The summed E-state index contributed by atoms with van der Waals surface area (Å²) < 4.78 is 16.5. The molecule has 1 aliphatic heterocycles. The van der Waals surface area contributed by atoms with Crippen LogP contribution >= 0.6 is 0 Å². The van der Waals surface area contributed by atoms with Crippen molar-refractivity contribution in [2.75, 3.05) is 18.1 Å². The van der Waals surface area contributed by atoms with Gasteiger partial charge in [-0.1, -0.05) is 23.8 Å². The first-order valence-corrected chi connectivity index (χ1v) is 13.9. The molecule has 4 aromatic carbocycles. The van der Waals surface area contributed by atoms with Gasteiger partial charge in [0.15, 0.2) is 12.4 Å². The maximum Gasteiger partial charge on any atom is 0.343 e. The van der Waals surface area contributed by atoms with Crippen molar-refractivity contribution in [3.63, 3.8) is 0 Å². The number of hydrogen-bond acceptors (Lipinski definition) is 7. The van der Waals surface area contributed by atoms with Crippen LogP contribution in [-0.2, 0) is 14.3 Å². The molecular formula is C35H31NO7. The third-order valence-electron chi connectivity index (χ3n) is 7.34. The van der Waals surface area contributed by atoms with E-state index in [1.807, 2.05) is 51.1 Å². The van der Waals surface area contributed by atoms with Gasteiger partial charge in [0, 0.05) is 24.2 Å². The number of Topliss-reactive ketones (excluding diaryl/α,β-unsaturated/α-hetero) is 1. The molecule has 1 heterocycles. The minimum Gasteiger partial charge on any atom is -0.457 e. The van der Waals surface area contributed by atoms with E-state index >= 15 is 0 Å². The lowest BCUT2D eigenvalue weighted by atomic mass is 10.1. The standard InChI is InChI=1S/C35H31NO7/c1-22-4-7-26(8-5-22)35(40)43-30-14-9-25(10-15-30)32(37)21-41-34(39)27-19-33(38)36(20-27)28-11-16-29(17-12-28)42-31-13-6-23(2)24(3)18-31/h4-18,27H,19-21H2,1-3H3/t27-/m0/s1. The maximum atomic E-state index is 12.7. The fourth-order valence-electron chi connectivity index (χ4n) is 4.62. The zero-order chi connectivity index (χ0) is 30.5. The largest absolute Gasteiger partial charge is 0.457 e. The predicted molar refractivity (Wildman–Crippen MR) is 161 cm³/mol. The zero-order valence-corrected chi connectivity index (χ0v) is 24.2. The van der Waals surface area contributed by atoms with Crippen LogP contribution in [0, 0.1) is 26.7 Å². The van der Waals surface area contributed by atoms with E-state index in [9.17, 15) is 19.2 Å². The van der Waals surface area contributed by atoms with Gasteiger partial charge in [0.2, 0.25) is 5.91 Å². The molecule has 1 atom stereocenters. The number of esters is 2. The Hall–Kier alpha value is -5.24. The summed E-state index contributed by atoms with van der Waals surface area (Å²) >= 11 is 0. The Morgan fingerprint density at radius 3 is 2.05 bits per heavy atom. The molecule has 0 aromatic heterocycles. The number of carbonyl (C=O) groups is 4. The lowest BCUT2D eigenvalue weighted by Crippen LogP contribution is -2.27. The number of ether oxygens (including phenoxy) is 3. The Morgan fingerprint density at radius 1 is 0.744 bits per heavy atom. The van der Waals surface area contributed by atoms with Crippen molar-refractivity contribution >= 4 is 29.3 Å². The van der Waals surface area contributed by atoms with Crippen molar-refractivity contribution in [2.24, 2.45) is 5.92 Å². The normalized spacial score (nSPS) is 14.3. The number of rotatable bonds is 9. The van der Waals surface area contributed by atoms with Gasteiger partial charge in [-0.25, -0.2) is 4.79 Å². The summed E-state index contributed by atoms with van der Waals surface area (Å²) in [6.07, 6.45) is -0.00499. The van der Waals surface area contributed by atoms with E-state index in [1.54, 1.807) is 36.4 Å². The summed E-state index contributed by atoms with van der Waals surface area (Å²) in [6, 6.07) is 26.0. The molecule has 1 saturated heterocycles. The predicted octanol–water partition coefficient (Wildman–Crippen LogP) is 6.40. The quantitative estimate of drug-likeness (QED) is 0.129. The third-order valence-corrected chi connectivity index (χ3v) is 7.34. The molecule has 8 nitrogen and oxygen atoms in total. The molecule has 8 heteroatoms. The van der Waals surface area contributed by atoms with Crippen LogP contribution in [0.1, 0.15) is 43.8 Å². The van der Waals surface area contributed by atoms with E-state index in [2.05, 4.69) is 0 Å². The first kappa shape index (κ1) is 29.3. The van der Waals surface area contributed by atoms with Crippen LogP contribution in [0.25, 0.3) is 0 Å². The summed E-state index contributed by atoms with van der Waals surface area (Å²) in [4.78, 5) is 51.9. The van der Waals surface area contributed by atoms with Crippen LogP contribution in [0.2, 0.25) is 0 Å². The van der Waals surface area contributed by atoms with E-state index in [0.29, 0.717) is 22.6 Å². The van der Waals surface area contributed by atoms with Gasteiger partial charge in [0.1, 0.15) is 17.2 Å². The zero-order valence-electron chi connectivity index (χ0n) is 24.2. The van der Waals surface area contributed by atoms with Crippen LogP contribution in [0.4, 0.5) is 5.69 Å². The minimum absolute atomic E-state index is 0.00499. The van der Waals surface area contributed by atoms with E-state index in [-0.39, 0.29) is 24.6 Å². The third kappa shape index (κ3) is 7.16. The van der Waals surface area contributed by atoms with Gasteiger partial charge in [-0.05, 0) is 105 Å². The van der Waals surface area contributed by atoms with Crippen LogP contribution in [0.15, 0.2) is 91.0 Å². The van der Waals surface area contributed by atoms with Crippen molar-refractivity contribution in [3.05, 3.63) is 119 Å². The van der Waals surface area contributed by atoms with Gasteiger partial charge in [0.25, 0.3) is 0 Å². The molecule has 1 amide bonds. The lowest BCUT2D eigenvalue weighted by molar-refractivity contribution is -0.147. The molecule has 4 aromatic rings. The Bertz CT molecular complexity index is 1660. The van der Waals surface area contributed by atoms with Crippen LogP contribution in [0.3, 0.4) is 0 Å². The van der Waals surface area contributed by atoms with E-state index in [4.69, 9.17) is 14.2 Å². The van der Waals surface area contributed by atoms with Gasteiger partial charge in [-0.2, -0.15) is 0 Å². The molecule has 1 aliphatic rings. The second-order valence-electron chi connectivity index (χ2n) is 10.6. The van der Waals surface area contributed by atoms with E-state index < -0.39 is 30.2 Å². The number of carbonyl (C=O) groups excluding carboxylic acids is 4. The number of anilines is 1. The molecule has 43 heavy (non-hydrogen) atoms. The monoisotopic (exact) mass is 577 g/mol. The molecule has 0 bridgehead atoms. The van der Waals surface area contributed by atoms with Crippen molar-refractivity contribution in [2.45, 2.75) is 27.2 Å². The highest BCUT2D eigenvalue weighted by Gasteiger charge is 2.36. The molecule has 0 saturated carbocycles. The number of benzene rings is 4. The Morgan fingerprint density at radius 2 is 1.37 bits per heavy atom. The van der Waals surface area contributed by atoms with Crippen molar-refractivity contribution in [3.8, 4) is 17.2 Å². The SMILES string of the molecule is Cc1ccc(C(=O)Oc2ccc(C(=O)COC(=O)[C@H]3CC(=O)N(c4ccc(Oc5ccc(C)c(C)c5)cc4)C3)cc2)cc1. The highest BCUT2D eigenvalue weighted by atomic mass is 16.5. The molecule has 5 rings (SSSR count). The molecule has 0 aliphatic carbocycles.